The molecule has 6 nitrogen and oxygen atoms in total. The summed E-state index contributed by atoms with van der Waals surface area (Å²) in [5.74, 6) is 0. The lowest BCUT2D eigenvalue weighted by Gasteiger charge is -2.48. The summed E-state index contributed by atoms with van der Waals surface area (Å²) in [5, 5.41) is 1.33. The molecular weight excluding hydrogens is 1340 g/mol. The van der Waals surface area contributed by atoms with Crippen LogP contribution >= 0.6 is 34.9 Å². The molecule has 0 radical (unpaired) electrons. The Bertz CT molecular complexity index is 6010. The first kappa shape index (κ1) is 62.8. The molecule has 0 bridgehead atoms. The molecule has 13 aromatic carbocycles. The summed E-state index contributed by atoms with van der Waals surface area (Å²) in [6.45, 7) is 19.5. The molecule has 2 aliphatic carbocycles. The average molecular weight is 1420 g/mol. The van der Waals surface area contributed by atoms with Gasteiger partial charge in [-0.25, -0.2) is 0 Å². The number of rotatable bonds is 6. The third kappa shape index (κ3) is 8.97. The third-order valence-electron chi connectivity index (χ3n) is 24.7. The predicted octanol–water partition coefficient (Wildman–Crippen LogP) is 23.2. The minimum Gasteiger partial charge on any atom is -0.311 e. The zero-order valence-corrected chi connectivity index (χ0v) is 63.2. The Morgan fingerprint density at radius 2 is 0.660 bits per heavy atom. The van der Waals surface area contributed by atoms with E-state index in [2.05, 4.69) is 364 Å². The summed E-state index contributed by atoms with van der Waals surface area (Å²) in [6.07, 6.45) is 3.36. The largest absolute Gasteiger partial charge is 0.311 e. The van der Waals surface area contributed by atoms with Crippen molar-refractivity contribution < 1.29 is 0 Å². The first-order chi connectivity index (χ1) is 51.5. The lowest BCUT2D eigenvalue weighted by Crippen LogP contribution is -2.65. The van der Waals surface area contributed by atoms with Crippen molar-refractivity contribution in [3.05, 3.63) is 301 Å². The number of fused-ring (bicyclic) bond motifs is 16. The number of benzene rings is 13. The van der Waals surface area contributed by atoms with E-state index in [9.17, 15) is 0 Å². The van der Waals surface area contributed by atoms with Gasteiger partial charge >= 0.3 is 0 Å². The highest BCUT2D eigenvalue weighted by Crippen LogP contribution is 2.60. The quantitative estimate of drug-likeness (QED) is 0.152. The Kier molecular flexibility index (Phi) is 13.3. The topological polar surface area (TPSA) is 19.4 Å². The molecule has 7 heterocycles. The first-order valence-electron chi connectivity index (χ1n) is 37.6. The molecule has 0 amide bonds. The van der Waals surface area contributed by atoms with Crippen molar-refractivity contribution in [2.24, 2.45) is 0 Å². The van der Waals surface area contributed by atoms with Gasteiger partial charge in [0, 0.05) is 97.0 Å². The van der Waals surface area contributed by atoms with Crippen LogP contribution in [0.4, 0.5) is 102 Å². The predicted molar refractivity (Wildman–Crippen MR) is 453 cm³/mol. The van der Waals surface area contributed by atoms with Gasteiger partial charge in [-0.1, -0.05) is 212 Å². The zero-order valence-electron chi connectivity index (χ0n) is 60.7. The van der Waals surface area contributed by atoms with E-state index < -0.39 is 0 Å². The summed E-state index contributed by atoms with van der Waals surface area (Å²) >= 11 is 5.77. The molecule has 1 aromatic heterocycles. The van der Waals surface area contributed by atoms with E-state index in [1.54, 1.807) is 0 Å². The minimum absolute atomic E-state index is 0.000142. The molecule has 0 saturated heterocycles. The second kappa shape index (κ2) is 22.5. The lowest BCUT2D eigenvalue weighted by molar-refractivity contribution is 0.332. The van der Waals surface area contributed by atoms with Crippen LogP contribution in [0.1, 0.15) is 96.9 Å². The van der Waals surface area contributed by atoms with E-state index in [1.807, 2.05) is 34.9 Å². The minimum atomic E-state index is -0.187. The van der Waals surface area contributed by atoms with Crippen molar-refractivity contribution in [1.29, 1.82) is 0 Å². The smallest absolute Gasteiger partial charge is 0.264 e. The van der Waals surface area contributed by atoms with Crippen molar-refractivity contribution in [2.45, 2.75) is 116 Å². The highest BCUT2D eigenvalue weighted by Gasteiger charge is 2.52. The maximum absolute atomic E-state index is 2.78. The first-order valence-corrected chi connectivity index (χ1v) is 40.1. The third-order valence-corrected chi connectivity index (χ3v) is 28.2. The van der Waals surface area contributed by atoms with E-state index in [1.165, 1.54) is 147 Å². The molecule has 510 valence electrons. The van der Waals surface area contributed by atoms with Crippen molar-refractivity contribution in [3.8, 4) is 0 Å². The lowest BCUT2D eigenvalue weighted by atomic mass is 9.31. The Morgan fingerprint density at radius 1 is 0.274 bits per heavy atom. The van der Waals surface area contributed by atoms with Gasteiger partial charge in [0.05, 0.1) is 39.8 Å². The van der Waals surface area contributed by atoms with E-state index in [4.69, 9.17) is 0 Å². The van der Waals surface area contributed by atoms with Gasteiger partial charge < -0.3 is 29.4 Å². The maximum Gasteiger partial charge on any atom is 0.264 e. The van der Waals surface area contributed by atoms with Gasteiger partial charge in [-0.05, 0) is 236 Å². The van der Waals surface area contributed by atoms with Crippen LogP contribution in [0.2, 0.25) is 0 Å². The molecule has 0 N–H and O–H groups in total. The summed E-state index contributed by atoms with van der Waals surface area (Å²) in [4.78, 5) is 20.7. The van der Waals surface area contributed by atoms with Gasteiger partial charge in [0.2, 0.25) is 0 Å². The number of thiophene rings is 1. The number of nitrogens with zero attached hydrogens (tertiary/aromatic N) is 6. The molecule has 106 heavy (non-hydrogen) atoms. The van der Waals surface area contributed by atoms with E-state index >= 15 is 0 Å². The second-order valence-corrected chi connectivity index (χ2v) is 36.2. The average Bonchev–Trinajstić information content (AvgIpc) is 1.13. The van der Waals surface area contributed by atoms with E-state index in [0.717, 1.165) is 59.1 Å². The molecule has 0 spiro atoms. The van der Waals surface area contributed by atoms with Crippen molar-refractivity contribution in [1.82, 2.24) is 0 Å². The van der Waals surface area contributed by atoms with Crippen LogP contribution in [0.3, 0.4) is 0 Å². The van der Waals surface area contributed by atoms with Crippen molar-refractivity contribution in [3.63, 3.8) is 0 Å². The normalized spacial score (nSPS) is 17.0. The molecule has 0 atom stereocenters. The van der Waals surface area contributed by atoms with Crippen LogP contribution in [0.25, 0.3) is 10.1 Å². The van der Waals surface area contributed by atoms with Gasteiger partial charge in [-0.15, -0.1) is 11.3 Å². The summed E-state index contributed by atoms with van der Waals surface area (Å²) in [7, 11) is 0. The molecule has 0 saturated carbocycles. The fraction of sp³-hybridized carbons (Fsp3) is 0.158. The molecule has 14 aromatic rings. The maximum atomic E-state index is 2.78. The van der Waals surface area contributed by atoms with Gasteiger partial charge in [-0.3, -0.25) is 0 Å². The zero-order chi connectivity index (χ0) is 71.0. The van der Waals surface area contributed by atoms with Crippen LogP contribution in [0.5, 0.6) is 0 Å². The van der Waals surface area contributed by atoms with E-state index in [-0.39, 0.29) is 35.1 Å². The van der Waals surface area contributed by atoms with Crippen molar-refractivity contribution >= 4 is 193 Å². The number of anilines is 18. The standard InChI is InChI=1S/C95H76B2N6S3/c1-92(2)46-47-93(3,4)66-48-61(44-45-65(66)92)103-82-52-63(102-75-38-22-26-42-85(75)105-86-43-27-23-39-76(86)102)51-81-89(82)97(91-90(103)64-53-67-68(54-87(64)106-91)95(7,8)57-94(67,5)6)71-55-70-77(56-78(71)100(81)60-32-16-11-17-33-60)99(59-30-14-10-15-31-59)80-50-62(101-73-36-20-24-40-83(73)104-84-41-25-21-37-74(84)101)49-79-88(80)96(70)69-34-18-19-35-72(69)98(79)58-28-12-9-13-29-58/h9-45,48-56H,46-47,57H2,1-8H3. The summed E-state index contributed by atoms with van der Waals surface area (Å²) in [5.41, 5.74) is 33.3. The van der Waals surface area contributed by atoms with E-state index in [0.29, 0.717) is 0 Å². The van der Waals surface area contributed by atoms with Crippen LogP contribution in [-0.2, 0) is 21.7 Å². The molecule has 11 heteroatoms. The second-order valence-electron chi connectivity index (χ2n) is 32.9. The number of hydrogen-bond acceptors (Lipinski definition) is 9. The number of para-hydroxylation sites is 8. The highest BCUT2D eigenvalue weighted by atomic mass is 32.2. The summed E-state index contributed by atoms with van der Waals surface area (Å²) < 4.78 is 2.73. The van der Waals surface area contributed by atoms with Gasteiger partial charge in [0.25, 0.3) is 13.4 Å². The van der Waals surface area contributed by atoms with Crippen LogP contribution in [-0.4, -0.2) is 13.4 Å². The van der Waals surface area contributed by atoms with Crippen LogP contribution in [0.15, 0.2) is 299 Å². The van der Waals surface area contributed by atoms with Crippen molar-refractivity contribution in [2.75, 3.05) is 29.4 Å². The van der Waals surface area contributed by atoms with Crippen LogP contribution in [0, 0.1) is 0 Å². The SMILES string of the molecule is CC1(C)CCC(C)(C)c2cc(N3c4cc(N5c6ccccc6Sc6ccccc65)cc5c4B(c4cc6c(cc4N5c4ccccc4)N(c4ccccc4)c4cc(N5c7ccccc7Sc7ccccc75)cc5c4B6c4ccccc4N5c4ccccc4)c4sc5cc6c(cc5c43)C(C)(C)CC6(C)C)ccc21. The molecule has 0 unspecified atom stereocenters. The monoisotopic (exact) mass is 1420 g/mol. The van der Waals surface area contributed by atoms with Crippen LogP contribution < -0.4 is 61.5 Å². The summed E-state index contributed by atoms with van der Waals surface area (Å²) in [6, 6.07) is 108. The number of hydrogen-bond donors (Lipinski definition) is 0. The fourth-order valence-corrected chi connectivity index (χ4v) is 23.6. The highest BCUT2D eigenvalue weighted by molar-refractivity contribution is 8.00. The molecule has 8 aliphatic rings. The molecule has 6 aliphatic heterocycles. The Morgan fingerprint density at radius 3 is 1.16 bits per heavy atom. The Labute approximate surface area is 634 Å². The van der Waals surface area contributed by atoms with Gasteiger partial charge in [-0.2, -0.15) is 0 Å². The van der Waals surface area contributed by atoms with Gasteiger partial charge in [0.1, 0.15) is 0 Å². The molecular formula is C95H76B2N6S3. The Hall–Kier alpha value is -10.6. The van der Waals surface area contributed by atoms with Gasteiger partial charge in [0.15, 0.2) is 0 Å². The fourth-order valence-electron chi connectivity index (χ4n) is 20.1. The molecule has 0 fully saturated rings. The Balaban J connectivity index is 0.882. The molecule has 22 rings (SSSR count).